The van der Waals surface area contributed by atoms with Crippen LogP contribution in [0.5, 0.6) is 0 Å². The van der Waals surface area contributed by atoms with Crippen molar-refractivity contribution in [1.82, 2.24) is 4.72 Å². The predicted octanol–water partition coefficient (Wildman–Crippen LogP) is 1.53. The number of hydrogen-bond acceptors (Lipinski definition) is 4. The van der Waals surface area contributed by atoms with Gasteiger partial charge in [-0.25, -0.2) is 13.1 Å². The number of benzene rings is 1. The van der Waals surface area contributed by atoms with Crippen molar-refractivity contribution in [3.63, 3.8) is 0 Å². The van der Waals surface area contributed by atoms with Crippen LogP contribution in [-0.2, 0) is 15.8 Å². The van der Waals surface area contributed by atoms with Gasteiger partial charge in [0, 0.05) is 13.2 Å². The first-order valence-electron chi connectivity index (χ1n) is 6.64. The molecular formula is C14H20N2O3S. The van der Waals surface area contributed by atoms with Crippen LogP contribution < -0.4 is 4.72 Å². The summed E-state index contributed by atoms with van der Waals surface area (Å²) in [7, 11) is -3.33. The lowest BCUT2D eigenvalue weighted by Gasteiger charge is -2.06. The van der Waals surface area contributed by atoms with Crippen molar-refractivity contribution in [3.05, 3.63) is 35.4 Å². The lowest BCUT2D eigenvalue weighted by molar-refractivity contribution is 0.282. The van der Waals surface area contributed by atoms with Crippen LogP contribution in [0.15, 0.2) is 24.3 Å². The molecular weight excluding hydrogens is 276 g/mol. The number of nitrogens with one attached hydrogen (secondary N) is 1. The van der Waals surface area contributed by atoms with Crippen LogP contribution in [0.3, 0.4) is 0 Å². The molecule has 20 heavy (non-hydrogen) atoms. The fourth-order valence-electron chi connectivity index (χ4n) is 1.76. The number of rotatable bonds is 9. The number of sulfonamides is 1. The Labute approximate surface area is 120 Å². The van der Waals surface area contributed by atoms with Crippen LogP contribution in [0.2, 0.25) is 0 Å². The Morgan fingerprint density at radius 3 is 2.35 bits per heavy atom. The van der Waals surface area contributed by atoms with Gasteiger partial charge in [0.05, 0.1) is 17.4 Å². The van der Waals surface area contributed by atoms with Crippen molar-refractivity contribution in [3.8, 4) is 6.07 Å². The molecule has 0 spiro atoms. The average molecular weight is 296 g/mol. The van der Waals surface area contributed by atoms with E-state index in [0.717, 1.165) is 25.7 Å². The molecule has 0 atom stereocenters. The van der Waals surface area contributed by atoms with E-state index in [1.807, 2.05) is 6.07 Å². The van der Waals surface area contributed by atoms with Crippen LogP contribution in [0, 0.1) is 11.3 Å². The molecule has 0 saturated heterocycles. The Bertz CT molecular complexity index is 533. The van der Waals surface area contributed by atoms with Gasteiger partial charge in [0.15, 0.2) is 0 Å². The minimum Gasteiger partial charge on any atom is -0.396 e. The molecule has 0 unspecified atom stereocenters. The van der Waals surface area contributed by atoms with Crippen LogP contribution in [0.25, 0.3) is 0 Å². The number of unbranched alkanes of at least 4 members (excludes halogenated alkanes) is 3. The second-order valence-corrected chi connectivity index (χ2v) is 6.41. The number of nitrogens with zero attached hydrogens (tertiary/aromatic N) is 1. The van der Waals surface area contributed by atoms with Crippen molar-refractivity contribution in [2.24, 2.45) is 0 Å². The smallest absolute Gasteiger partial charge is 0.215 e. The third-order valence-electron chi connectivity index (χ3n) is 2.85. The fourth-order valence-corrected chi connectivity index (χ4v) is 2.95. The third kappa shape index (κ3) is 6.66. The Morgan fingerprint density at radius 1 is 1.10 bits per heavy atom. The molecule has 0 fully saturated rings. The van der Waals surface area contributed by atoms with E-state index >= 15 is 0 Å². The highest BCUT2D eigenvalue weighted by Crippen LogP contribution is 2.07. The van der Waals surface area contributed by atoms with Gasteiger partial charge in [0.1, 0.15) is 0 Å². The molecule has 0 bridgehead atoms. The van der Waals surface area contributed by atoms with E-state index in [-0.39, 0.29) is 12.4 Å². The highest BCUT2D eigenvalue weighted by Gasteiger charge is 2.10. The summed E-state index contributed by atoms with van der Waals surface area (Å²) in [5.74, 6) is -0.0741. The zero-order chi connectivity index (χ0) is 14.8. The molecule has 0 heterocycles. The van der Waals surface area contributed by atoms with Crippen molar-refractivity contribution in [1.29, 1.82) is 5.26 Å². The molecule has 1 aromatic rings. The Hall–Kier alpha value is -1.42. The van der Waals surface area contributed by atoms with Crippen LogP contribution in [-0.4, -0.2) is 26.7 Å². The van der Waals surface area contributed by atoms with Crippen molar-refractivity contribution in [2.45, 2.75) is 31.4 Å². The van der Waals surface area contributed by atoms with E-state index in [9.17, 15) is 8.42 Å². The molecule has 5 nitrogen and oxygen atoms in total. The van der Waals surface area contributed by atoms with Crippen molar-refractivity contribution >= 4 is 10.0 Å². The maximum Gasteiger partial charge on any atom is 0.215 e. The summed E-state index contributed by atoms with van der Waals surface area (Å²) in [6.07, 6.45) is 3.35. The Morgan fingerprint density at radius 2 is 1.75 bits per heavy atom. The maximum atomic E-state index is 11.8. The summed E-state index contributed by atoms with van der Waals surface area (Å²) in [6.45, 7) is 0.606. The van der Waals surface area contributed by atoms with Crippen molar-refractivity contribution in [2.75, 3.05) is 13.2 Å². The zero-order valence-electron chi connectivity index (χ0n) is 11.4. The summed E-state index contributed by atoms with van der Waals surface area (Å²) in [4.78, 5) is 0. The summed E-state index contributed by atoms with van der Waals surface area (Å²) < 4.78 is 26.2. The lowest BCUT2D eigenvalue weighted by Crippen LogP contribution is -2.26. The number of aliphatic hydroxyl groups excluding tert-OH is 1. The van der Waals surface area contributed by atoms with Crippen LogP contribution in [0.4, 0.5) is 0 Å². The first kappa shape index (κ1) is 16.6. The molecule has 0 aliphatic heterocycles. The molecule has 0 radical (unpaired) electrons. The average Bonchev–Trinajstić information content (AvgIpc) is 2.43. The van der Waals surface area contributed by atoms with E-state index in [4.69, 9.17) is 10.4 Å². The maximum absolute atomic E-state index is 11.8. The largest absolute Gasteiger partial charge is 0.396 e. The highest BCUT2D eigenvalue weighted by molar-refractivity contribution is 7.88. The van der Waals surface area contributed by atoms with Gasteiger partial charge in [0.25, 0.3) is 0 Å². The summed E-state index contributed by atoms with van der Waals surface area (Å²) in [5.41, 5.74) is 1.18. The van der Waals surface area contributed by atoms with E-state index < -0.39 is 10.0 Å². The van der Waals surface area contributed by atoms with Gasteiger partial charge in [-0.15, -0.1) is 0 Å². The van der Waals surface area contributed by atoms with Gasteiger partial charge in [-0.3, -0.25) is 0 Å². The molecule has 1 aromatic carbocycles. The van der Waals surface area contributed by atoms with Crippen molar-refractivity contribution < 1.29 is 13.5 Å². The molecule has 1 rings (SSSR count). The van der Waals surface area contributed by atoms with Gasteiger partial charge in [-0.2, -0.15) is 5.26 Å². The van der Waals surface area contributed by atoms with E-state index in [2.05, 4.69) is 4.72 Å². The quantitative estimate of drug-likeness (QED) is 0.676. The zero-order valence-corrected chi connectivity index (χ0v) is 12.2. The monoisotopic (exact) mass is 296 g/mol. The van der Waals surface area contributed by atoms with Gasteiger partial charge >= 0.3 is 0 Å². The van der Waals surface area contributed by atoms with E-state index in [1.54, 1.807) is 24.3 Å². The molecule has 110 valence electrons. The topological polar surface area (TPSA) is 90.2 Å². The Kier molecular flexibility index (Phi) is 7.23. The summed E-state index contributed by atoms with van der Waals surface area (Å²) >= 11 is 0. The first-order valence-corrected chi connectivity index (χ1v) is 8.30. The minimum atomic E-state index is -3.33. The standard InChI is InChI=1S/C14H20N2O3S/c15-11-13-5-7-14(8-6-13)12-20(18,19)16-9-3-1-2-4-10-17/h5-8,16-17H,1-4,9-10,12H2. The van der Waals surface area contributed by atoms with Gasteiger partial charge in [-0.05, 0) is 30.5 Å². The van der Waals surface area contributed by atoms with Crippen LogP contribution in [0.1, 0.15) is 36.8 Å². The summed E-state index contributed by atoms with van der Waals surface area (Å²) in [6, 6.07) is 8.52. The van der Waals surface area contributed by atoms with Crippen LogP contribution >= 0.6 is 0 Å². The first-order chi connectivity index (χ1) is 9.57. The molecule has 0 aliphatic carbocycles. The fraction of sp³-hybridized carbons (Fsp3) is 0.500. The van der Waals surface area contributed by atoms with Gasteiger partial charge in [0.2, 0.25) is 10.0 Å². The van der Waals surface area contributed by atoms with Gasteiger partial charge in [-0.1, -0.05) is 25.0 Å². The molecule has 0 aromatic heterocycles. The number of hydrogen-bond donors (Lipinski definition) is 2. The third-order valence-corrected chi connectivity index (χ3v) is 4.20. The molecule has 2 N–H and O–H groups in total. The number of aliphatic hydroxyl groups is 1. The normalized spacial score (nSPS) is 11.2. The molecule has 0 amide bonds. The molecule has 0 saturated carbocycles. The SMILES string of the molecule is N#Cc1ccc(CS(=O)(=O)NCCCCCCO)cc1. The molecule has 0 aliphatic rings. The van der Waals surface area contributed by atoms with E-state index in [0.29, 0.717) is 17.7 Å². The minimum absolute atomic E-state index is 0.0741. The van der Waals surface area contributed by atoms with Gasteiger partial charge < -0.3 is 5.11 Å². The second-order valence-electron chi connectivity index (χ2n) is 4.60. The predicted molar refractivity (Wildman–Crippen MR) is 77.3 cm³/mol. The highest BCUT2D eigenvalue weighted by atomic mass is 32.2. The van der Waals surface area contributed by atoms with E-state index in [1.165, 1.54) is 0 Å². The lowest BCUT2D eigenvalue weighted by atomic mass is 10.2. The Balaban J connectivity index is 2.35. The second kappa shape index (κ2) is 8.69. The molecule has 6 heteroatoms. The number of nitriles is 1. The summed E-state index contributed by atoms with van der Waals surface area (Å²) in [5, 5.41) is 17.3.